The molecule has 11 heteroatoms. The van der Waals surface area contributed by atoms with Gasteiger partial charge >= 0.3 is 0 Å². The van der Waals surface area contributed by atoms with E-state index in [0.717, 1.165) is 30.4 Å². The van der Waals surface area contributed by atoms with E-state index in [4.69, 9.17) is 5.73 Å². The van der Waals surface area contributed by atoms with E-state index in [1.807, 2.05) is 18.2 Å². The van der Waals surface area contributed by atoms with Gasteiger partial charge in [-0.15, -0.1) is 0 Å². The Bertz CT molecular complexity index is 1250. The fraction of sp³-hybridized carbons (Fsp3) is 0.480. The Morgan fingerprint density at radius 1 is 1.08 bits per heavy atom. The Balaban J connectivity index is 1.24. The van der Waals surface area contributed by atoms with Crippen LogP contribution in [0.25, 0.3) is 0 Å². The average molecular weight is 512 g/mol. The molecule has 2 N–H and O–H groups in total. The molecule has 1 radical (unpaired) electrons. The normalized spacial score (nSPS) is 23.2. The molecule has 0 spiro atoms. The Morgan fingerprint density at radius 3 is 2.39 bits per heavy atom. The summed E-state index contributed by atoms with van der Waals surface area (Å²) in [4.78, 5) is 38.4. The fourth-order valence-electron chi connectivity index (χ4n) is 5.57. The largest absolute Gasteiger partial charge is 0.364 e. The van der Waals surface area contributed by atoms with Gasteiger partial charge in [0.25, 0.3) is 11.8 Å². The number of nitrogens with zero attached hydrogens (tertiary/aromatic N) is 5. The van der Waals surface area contributed by atoms with Crippen LogP contribution in [0.1, 0.15) is 44.9 Å². The van der Waals surface area contributed by atoms with Crippen LogP contribution in [0.15, 0.2) is 30.3 Å². The fourth-order valence-corrected chi connectivity index (χ4v) is 7.02. The van der Waals surface area contributed by atoms with Crippen molar-refractivity contribution in [2.24, 2.45) is 17.6 Å². The molecule has 1 unspecified atom stereocenters. The van der Waals surface area contributed by atoms with Gasteiger partial charge in [0.05, 0.1) is 17.0 Å². The van der Waals surface area contributed by atoms with Crippen LogP contribution in [0, 0.1) is 25.2 Å². The summed E-state index contributed by atoms with van der Waals surface area (Å²) in [6.45, 7) is 5.87. The number of anilines is 1. The highest BCUT2D eigenvalue weighted by Gasteiger charge is 2.43. The maximum absolute atomic E-state index is 13.5. The van der Waals surface area contributed by atoms with Crippen LogP contribution in [0.2, 0.25) is 0 Å². The molecule has 0 aliphatic carbocycles. The minimum atomic E-state index is -3.53. The van der Waals surface area contributed by atoms with Gasteiger partial charge in [-0.25, -0.2) is 22.7 Å². The molecule has 2 atom stereocenters. The Hall–Kier alpha value is -3.05. The lowest BCUT2D eigenvalue weighted by Gasteiger charge is -2.23. The quantitative estimate of drug-likeness (QED) is 0.589. The second-order valence-corrected chi connectivity index (χ2v) is 11.8. The molecule has 3 fully saturated rings. The number of amides is 2. The van der Waals surface area contributed by atoms with Gasteiger partial charge in [-0.3, -0.25) is 9.59 Å². The molecule has 2 amide bonds. The third kappa shape index (κ3) is 4.81. The van der Waals surface area contributed by atoms with E-state index in [1.165, 1.54) is 5.56 Å². The summed E-state index contributed by atoms with van der Waals surface area (Å²) >= 11 is 0. The van der Waals surface area contributed by atoms with Crippen molar-refractivity contribution in [2.45, 2.75) is 19.8 Å². The lowest BCUT2D eigenvalue weighted by molar-refractivity contribution is 0.0766. The number of sulfonamides is 1. The first-order valence-corrected chi connectivity index (χ1v) is 13.9. The predicted octanol–water partition coefficient (Wildman–Crippen LogP) is 1.07. The average Bonchev–Trinajstić information content (AvgIpc) is 3.51. The van der Waals surface area contributed by atoms with E-state index in [2.05, 4.69) is 33.4 Å². The first kappa shape index (κ1) is 24.6. The van der Waals surface area contributed by atoms with Crippen LogP contribution in [0.5, 0.6) is 0 Å². The zero-order valence-corrected chi connectivity index (χ0v) is 21.2. The molecule has 1 aromatic heterocycles. The number of benzene rings is 1. The van der Waals surface area contributed by atoms with Crippen molar-refractivity contribution in [1.29, 1.82) is 0 Å². The summed E-state index contributed by atoms with van der Waals surface area (Å²) in [5.74, 6) is -0.551. The second-order valence-electron chi connectivity index (χ2n) is 9.83. The van der Waals surface area contributed by atoms with Gasteiger partial charge in [0.15, 0.2) is 0 Å². The summed E-state index contributed by atoms with van der Waals surface area (Å²) in [6.07, 6.45) is 3.67. The first-order chi connectivity index (χ1) is 17.2. The highest BCUT2D eigenvalue weighted by Crippen LogP contribution is 2.33. The van der Waals surface area contributed by atoms with Crippen LogP contribution in [-0.2, 0) is 10.0 Å². The number of carbonyl (C=O) groups excluding carboxylic acids is 2. The van der Waals surface area contributed by atoms with Crippen molar-refractivity contribution >= 4 is 27.8 Å². The van der Waals surface area contributed by atoms with Crippen LogP contribution in [0.3, 0.4) is 0 Å². The number of aryl methyl sites for hydroxylation is 1. The molecular weight excluding hydrogens is 480 g/mol. The number of aromatic nitrogens is 2. The summed E-state index contributed by atoms with van der Waals surface area (Å²) in [7, 11) is -3.53. The van der Waals surface area contributed by atoms with Gasteiger partial charge in [-0.1, -0.05) is 30.3 Å². The second kappa shape index (κ2) is 9.78. The molecule has 2 aromatic rings. The molecule has 0 bridgehead atoms. The smallest absolute Gasteiger partial charge is 0.268 e. The van der Waals surface area contributed by atoms with E-state index >= 15 is 0 Å². The molecule has 0 saturated carbocycles. The standard InChI is InChI=1S/C25H31N6O4S/c1-17-21(22(23(26)32)28-25(27-17)31-11-6-12-36(31,34)35)24(33)30-15-19-13-29(14-20(19)16-30)10-5-9-18-7-3-2-4-8-18/h2-4,7-9,19-20H,5-6,10-16H2,1H3,(H2,26,32)/t19-,20?/m0/s1. The van der Waals surface area contributed by atoms with Gasteiger partial charge in [0.1, 0.15) is 5.69 Å². The minimum Gasteiger partial charge on any atom is -0.364 e. The molecule has 4 heterocycles. The summed E-state index contributed by atoms with van der Waals surface area (Å²) in [5, 5.41) is 0. The lowest BCUT2D eigenvalue weighted by atomic mass is 10.0. The highest BCUT2D eigenvalue weighted by atomic mass is 32.2. The third-order valence-electron chi connectivity index (χ3n) is 7.32. The van der Waals surface area contributed by atoms with E-state index in [0.29, 0.717) is 31.3 Å². The van der Waals surface area contributed by atoms with Gasteiger partial charge in [-0.2, -0.15) is 0 Å². The molecule has 3 saturated heterocycles. The number of nitrogens with two attached hydrogens (primary N) is 1. The Morgan fingerprint density at radius 2 is 1.78 bits per heavy atom. The maximum Gasteiger partial charge on any atom is 0.268 e. The third-order valence-corrected chi connectivity index (χ3v) is 9.14. The summed E-state index contributed by atoms with van der Waals surface area (Å²) in [5.41, 5.74) is 6.91. The van der Waals surface area contributed by atoms with Crippen molar-refractivity contribution in [1.82, 2.24) is 19.8 Å². The number of likely N-dealkylation sites (tertiary alicyclic amines) is 2. The van der Waals surface area contributed by atoms with Gasteiger partial charge in [0.2, 0.25) is 16.0 Å². The first-order valence-electron chi connectivity index (χ1n) is 12.3. The number of hydrogen-bond donors (Lipinski definition) is 1. The molecule has 3 aliphatic rings. The van der Waals surface area contributed by atoms with E-state index in [-0.39, 0.29) is 41.1 Å². The zero-order chi connectivity index (χ0) is 25.4. The number of rotatable bonds is 7. The number of primary amides is 1. The number of hydrogen-bond acceptors (Lipinski definition) is 7. The molecule has 3 aliphatic heterocycles. The van der Waals surface area contributed by atoms with Crippen molar-refractivity contribution in [3.8, 4) is 0 Å². The molecular formula is C25H31N6O4S. The van der Waals surface area contributed by atoms with E-state index in [9.17, 15) is 18.0 Å². The number of carbonyl (C=O) groups is 2. The van der Waals surface area contributed by atoms with Crippen molar-refractivity contribution < 1.29 is 18.0 Å². The van der Waals surface area contributed by atoms with Crippen LogP contribution >= 0.6 is 0 Å². The monoisotopic (exact) mass is 511 g/mol. The molecule has 5 rings (SSSR count). The Kier molecular flexibility index (Phi) is 6.69. The number of fused-ring (bicyclic) bond motifs is 1. The van der Waals surface area contributed by atoms with Gasteiger partial charge < -0.3 is 15.5 Å². The molecule has 191 valence electrons. The highest BCUT2D eigenvalue weighted by molar-refractivity contribution is 7.93. The molecule has 36 heavy (non-hydrogen) atoms. The van der Waals surface area contributed by atoms with E-state index in [1.54, 1.807) is 11.8 Å². The van der Waals surface area contributed by atoms with E-state index < -0.39 is 15.9 Å². The van der Waals surface area contributed by atoms with Crippen molar-refractivity contribution in [3.63, 3.8) is 0 Å². The molecule has 1 aromatic carbocycles. The Labute approximate surface area is 211 Å². The SMILES string of the molecule is Cc1nc(N2CCCS2(=O)=O)nc(C(N)=O)c1C(=O)N1CC2CN(CC[CH]c3ccccc3)C[C@H]2C1. The lowest BCUT2D eigenvalue weighted by Crippen LogP contribution is -2.36. The van der Waals surface area contributed by atoms with Gasteiger partial charge in [-0.05, 0) is 50.1 Å². The van der Waals surface area contributed by atoms with Crippen LogP contribution < -0.4 is 10.0 Å². The van der Waals surface area contributed by atoms with Gasteiger partial charge in [0, 0.05) is 32.7 Å². The van der Waals surface area contributed by atoms with Crippen molar-refractivity contribution in [3.05, 3.63) is 59.3 Å². The summed E-state index contributed by atoms with van der Waals surface area (Å²) in [6, 6.07) is 10.3. The topological polar surface area (TPSA) is 130 Å². The predicted molar refractivity (Wildman–Crippen MR) is 135 cm³/mol. The maximum atomic E-state index is 13.5. The van der Waals surface area contributed by atoms with Crippen molar-refractivity contribution in [2.75, 3.05) is 49.3 Å². The zero-order valence-electron chi connectivity index (χ0n) is 20.3. The minimum absolute atomic E-state index is 0.000146. The van der Waals surface area contributed by atoms with Crippen LogP contribution in [-0.4, -0.2) is 85.0 Å². The summed E-state index contributed by atoms with van der Waals surface area (Å²) < 4.78 is 25.7. The van der Waals surface area contributed by atoms with Crippen LogP contribution in [0.4, 0.5) is 5.95 Å². The molecule has 10 nitrogen and oxygen atoms in total.